The molecular formula is C14H21NO2. The molecule has 94 valence electrons. The number of benzene rings is 1. The van der Waals surface area contributed by atoms with Crippen LogP contribution in [0.15, 0.2) is 24.3 Å². The van der Waals surface area contributed by atoms with Gasteiger partial charge in [0.15, 0.2) is 0 Å². The SMILES string of the molecule is CCCCc1ccc(C(=O)NCCOC)cc1. The van der Waals surface area contributed by atoms with E-state index in [0.29, 0.717) is 18.7 Å². The highest BCUT2D eigenvalue weighted by Crippen LogP contribution is 2.07. The summed E-state index contributed by atoms with van der Waals surface area (Å²) in [6.07, 6.45) is 3.47. The van der Waals surface area contributed by atoms with Crippen LogP contribution in [0.2, 0.25) is 0 Å². The second-order valence-corrected chi connectivity index (χ2v) is 4.05. The second kappa shape index (κ2) is 7.85. The molecule has 0 aliphatic carbocycles. The fraction of sp³-hybridized carbons (Fsp3) is 0.500. The molecule has 1 N–H and O–H groups in total. The highest BCUT2D eigenvalue weighted by molar-refractivity contribution is 5.94. The molecule has 0 saturated heterocycles. The summed E-state index contributed by atoms with van der Waals surface area (Å²) in [5, 5.41) is 2.80. The van der Waals surface area contributed by atoms with Crippen LogP contribution in [-0.4, -0.2) is 26.2 Å². The number of hydrogen-bond acceptors (Lipinski definition) is 2. The molecular weight excluding hydrogens is 214 g/mol. The van der Waals surface area contributed by atoms with E-state index in [1.807, 2.05) is 24.3 Å². The highest BCUT2D eigenvalue weighted by Gasteiger charge is 2.03. The van der Waals surface area contributed by atoms with Crippen molar-refractivity contribution in [3.8, 4) is 0 Å². The highest BCUT2D eigenvalue weighted by atomic mass is 16.5. The van der Waals surface area contributed by atoms with E-state index in [0.717, 1.165) is 6.42 Å². The van der Waals surface area contributed by atoms with Gasteiger partial charge in [0, 0.05) is 19.2 Å². The van der Waals surface area contributed by atoms with Crippen molar-refractivity contribution < 1.29 is 9.53 Å². The molecule has 0 unspecified atom stereocenters. The predicted molar refractivity (Wildman–Crippen MR) is 69.3 cm³/mol. The number of carbonyl (C=O) groups is 1. The minimum atomic E-state index is -0.0379. The molecule has 0 radical (unpaired) electrons. The summed E-state index contributed by atoms with van der Waals surface area (Å²) in [7, 11) is 1.62. The maximum absolute atomic E-state index is 11.7. The molecule has 0 aliphatic heterocycles. The minimum Gasteiger partial charge on any atom is -0.383 e. The first-order valence-electron chi connectivity index (χ1n) is 6.14. The topological polar surface area (TPSA) is 38.3 Å². The maximum atomic E-state index is 11.7. The van der Waals surface area contributed by atoms with E-state index in [2.05, 4.69) is 12.2 Å². The van der Waals surface area contributed by atoms with Crippen molar-refractivity contribution in [2.24, 2.45) is 0 Å². The maximum Gasteiger partial charge on any atom is 0.251 e. The summed E-state index contributed by atoms with van der Waals surface area (Å²) in [5.41, 5.74) is 2.00. The zero-order valence-corrected chi connectivity index (χ0v) is 10.7. The molecule has 17 heavy (non-hydrogen) atoms. The Morgan fingerprint density at radius 3 is 2.59 bits per heavy atom. The average Bonchev–Trinajstić information content (AvgIpc) is 2.37. The third-order valence-electron chi connectivity index (χ3n) is 2.63. The molecule has 0 saturated carbocycles. The van der Waals surface area contributed by atoms with Crippen LogP contribution in [0.4, 0.5) is 0 Å². The Kier molecular flexibility index (Phi) is 6.33. The van der Waals surface area contributed by atoms with Crippen LogP contribution < -0.4 is 5.32 Å². The van der Waals surface area contributed by atoms with Gasteiger partial charge in [0.2, 0.25) is 0 Å². The average molecular weight is 235 g/mol. The van der Waals surface area contributed by atoms with E-state index in [4.69, 9.17) is 4.74 Å². The molecule has 0 atom stereocenters. The number of amides is 1. The minimum absolute atomic E-state index is 0.0379. The number of ether oxygens (including phenoxy) is 1. The Morgan fingerprint density at radius 1 is 1.29 bits per heavy atom. The zero-order valence-electron chi connectivity index (χ0n) is 10.7. The second-order valence-electron chi connectivity index (χ2n) is 4.05. The lowest BCUT2D eigenvalue weighted by Gasteiger charge is -2.05. The normalized spacial score (nSPS) is 10.2. The van der Waals surface area contributed by atoms with Crippen molar-refractivity contribution >= 4 is 5.91 Å². The number of methoxy groups -OCH3 is 1. The van der Waals surface area contributed by atoms with Gasteiger partial charge in [-0.15, -0.1) is 0 Å². The quantitative estimate of drug-likeness (QED) is 0.737. The van der Waals surface area contributed by atoms with Crippen molar-refractivity contribution in [2.75, 3.05) is 20.3 Å². The fourth-order valence-corrected chi connectivity index (χ4v) is 1.57. The molecule has 0 aliphatic rings. The van der Waals surface area contributed by atoms with Gasteiger partial charge in [-0.1, -0.05) is 25.5 Å². The Labute approximate surface area is 103 Å². The lowest BCUT2D eigenvalue weighted by molar-refractivity contribution is 0.0937. The first-order valence-corrected chi connectivity index (χ1v) is 6.14. The summed E-state index contributed by atoms with van der Waals surface area (Å²) in [6.45, 7) is 3.27. The molecule has 0 heterocycles. The van der Waals surface area contributed by atoms with Crippen LogP contribution >= 0.6 is 0 Å². The van der Waals surface area contributed by atoms with Crippen LogP contribution in [0.5, 0.6) is 0 Å². The van der Waals surface area contributed by atoms with Gasteiger partial charge in [-0.05, 0) is 30.5 Å². The Bertz CT molecular complexity index is 333. The van der Waals surface area contributed by atoms with Gasteiger partial charge in [0.25, 0.3) is 5.91 Å². The van der Waals surface area contributed by atoms with Crippen LogP contribution in [0.25, 0.3) is 0 Å². The van der Waals surface area contributed by atoms with Gasteiger partial charge < -0.3 is 10.1 Å². The van der Waals surface area contributed by atoms with E-state index in [-0.39, 0.29) is 5.91 Å². The van der Waals surface area contributed by atoms with Gasteiger partial charge >= 0.3 is 0 Å². The summed E-state index contributed by atoms with van der Waals surface area (Å²) >= 11 is 0. The van der Waals surface area contributed by atoms with Gasteiger partial charge in [-0.2, -0.15) is 0 Å². The third kappa shape index (κ3) is 5.00. The molecule has 0 fully saturated rings. The number of aryl methyl sites for hydroxylation is 1. The molecule has 1 aromatic rings. The summed E-state index contributed by atoms with van der Waals surface area (Å²) in [6, 6.07) is 7.82. The monoisotopic (exact) mass is 235 g/mol. The number of rotatable bonds is 7. The van der Waals surface area contributed by atoms with Crippen molar-refractivity contribution in [3.63, 3.8) is 0 Å². The number of nitrogens with one attached hydrogen (secondary N) is 1. The lowest BCUT2D eigenvalue weighted by atomic mass is 10.1. The first-order chi connectivity index (χ1) is 8.27. The fourth-order valence-electron chi connectivity index (χ4n) is 1.57. The Balaban J connectivity index is 2.46. The molecule has 3 nitrogen and oxygen atoms in total. The van der Waals surface area contributed by atoms with Crippen molar-refractivity contribution in [1.82, 2.24) is 5.32 Å². The van der Waals surface area contributed by atoms with E-state index < -0.39 is 0 Å². The zero-order chi connectivity index (χ0) is 12.5. The van der Waals surface area contributed by atoms with Gasteiger partial charge in [0.1, 0.15) is 0 Å². The van der Waals surface area contributed by atoms with Crippen molar-refractivity contribution in [3.05, 3.63) is 35.4 Å². The third-order valence-corrected chi connectivity index (χ3v) is 2.63. The predicted octanol–water partition coefficient (Wildman–Crippen LogP) is 2.41. The lowest BCUT2D eigenvalue weighted by Crippen LogP contribution is -2.26. The molecule has 0 spiro atoms. The molecule has 1 rings (SSSR count). The van der Waals surface area contributed by atoms with Gasteiger partial charge in [-0.25, -0.2) is 0 Å². The van der Waals surface area contributed by atoms with Crippen LogP contribution in [0.3, 0.4) is 0 Å². The molecule has 1 amide bonds. The van der Waals surface area contributed by atoms with E-state index >= 15 is 0 Å². The Hall–Kier alpha value is -1.35. The van der Waals surface area contributed by atoms with E-state index in [1.54, 1.807) is 7.11 Å². The molecule has 3 heteroatoms. The van der Waals surface area contributed by atoms with Gasteiger partial charge in [0.05, 0.1) is 6.61 Å². The summed E-state index contributed by atoms with van der Waals surface area (Å²) in [5.74, 6) is -0.0379. The summed E-state index contributed by atoms with van der Waals surface area (Å²) in [4.78, 5) is 11.7. The standard InChI is InChI=1S/C14H21NO2/c1-3-4-5-12-6-8-13(9-7-12)14(16)15-10-11-17-2/h6-9H,3-5,10-11H2,1-2H3,(H,15,16). The van der Waals surface area contributed by atoms with E-state index in [9.17, 15) is 4.79 Å². The first kappa shape index (κ1) is 13.7. The van der Waals surface area contributed by atoms with Gasteiger partial charge in [-0.3, -0.25) is 4.79 Å². The number of hydrogen-bond donors (Lipinski definition) is 1. The molecule has 0 bridgehead atoms. The summed E-state index contributed by atoms with van der Waals surface area (Å²) < 4.78 is 4.88. The van der Waals surface area contributed by atoms with Crippen LogP contribution in [0.1, 0.15) is 35.7 Å². The smallest absolute Gasteiger partial charge is 0.251 e. The molecule has 1 aromatic carbocycles. The molecule has 0 aromatic heterocycles. The van der Waals surface area contributed by atoms with E-state index in [1.165, 1.54) is 18.4 Å². The Morgan fingerprint density at radius 2 is 2.00 bits per heavy atom. The van der Waals surface area contributed by atoms with Crippen LogP contribution in [0, 0.1) is 0 Å². The number of unbranched alkanes of at least 4 members (excludes halogenated alkanes) is 1. The van der Waals surface area contributed by atoms with Crippen LogP contribution in [-0.2, 0) is 11.2 Å². The largest absolute Gasteiger partial charge is 0.383 e. The van der Waals surface area contributed by atoms with Crippen molar-refractivity contribution in [2.45, 2.75) is 26.2 Å². The van der Waals surface area contributed by atoms with Crippen molar-refractivity contribution in [1.29, 1.82) is 0 Å². The number of carbonyl (C=O) groups excluding carboxylic acids is 1.